The summed E-state index contributed by atoms with van der Waals surface area (Å²) in [5.74, 6) is -0.610. The summed E-state index contributed by atoms with van der Waals surface area (Å²) in [5, 5.41) is 0. The van der Waals surface area contributed by atoms with Crippen molar-refractivity contribution in [3.05, 3.63) is 29.8 Å². The van der Waals surface area contributed by atoms with Crippen LogP contribution in [0.3, 0.4) is 0 Å². The smallest absolute Gasteiger partial charge is 0.335 e. The van der Waals surface area contributed by atoms with Crippen LogP contribution in [0.2, 0.25) is 0 Å². The van der Waals surface area contributed by atoms with Gasteiger partial charge in [-0.05, 0) is 43.9 Å². The van der Waals surface area contributed by atoms with Gasteiger partial charge in [0.15, 0.2) is 0 Å². The molecule has 0 bridgehead atoms. The van der Waals surface area contributed by atoms with Gasteiger partial charge in [-0.1, -0.05) is 19.1 Å². The number of imide groups is 2. The molecule has 0 aromatic heterocycles. The van der Waals surface area contributed by atoms with Gasteiger partial charge in [0.2, 0.25) is 0 Å². The van der Waals surface area contributed by atoms with Crippen LogP contribution >= 0.6 is 0 Å². The van der Waals surface area contributed by atoms with Crippen molar-refractivity contribution in [2.24, 2.45) is 0 Å². The van der Waals surface area contributed by atoms with Gasteiger partial charge in [0.1, 0.15) is 5.75 Å². The van der Waals surface area contributed by atoms with Crippen LogP contribution in [-0.2, 0) is 9.59 Å². The Morgan fingerprint density at radius 2 is 1.73 bits per heavy atom. The van der Waals surface area contributed by atoms with E-state index in [1.807, 2.05) is 38.1 Å². The molecular formula is C19H25N3O4. The molecule has 1 aromatic rings. The van der Waals surface area contributed by atoms with Crippen molar-refractivity contribution in [3.8, 4) is 5.75 Å². The first kappa shape index (κ1) is 18.4. The molecule has 4 amide bonds. The molecule has 26 heavy (non-hydrogen) atoms. The third-order valence-corrected chi connectivity index (χ3v) is 4.84. The van der Waals surface area contributed by atoms with Crippen LogP contribution in [0.15, 0.2) is 24.3 Å². The number of carbonyl (C=O) groups excluding carboxylic acids is 3. The molecule has 2 heterocycles. The zero-order valence-electron chi connectivity index (χ0n) is 15.3. The van der Waals surface area contributed by atoms with Crippen molar-refractivity contribution < 1.29 is 19.1 Å². The number of hydrogen-bond donors (Lipinski definition) is 0. The Morgan fingerprint density at radius 3 is 2.38 bits per heavy atom. The van der Waals surface area contributed by atoms with Gasteiger partial charge in [-0.25, -0.2) is 9.69 Å². The fraction of sp³-hybridized carbons (Fsp3) is 0.526. The Hall–Kier alpha value is -2.41. The molecule has 3 rings (SSSR count). The van der Waals surface area contributed by atoms with E-state index in [2.05, 4.69) is 4.90 Å². The Labute approximate surface area is 153 Å². The van der Waals surface area contributed by atoms with Crippen LogP contribution in [0, 0.1) is 0 Å². The number of likely N-dealkylation sites (tertiary alicyclic amines) is 1. The van der Waals surface area contributed by atoms with Gasteiger partial charge in [0.05, 0.1) is 13.3 Å². The first-order valence-corrected chi connectivity index (χ1v) is 9.21. The molecule has 0 saturated carbocycles. The Morgan fingerprint density at radius 1 is 1.04 bits per heavy atom. The van der Waals surface area contributed by atoms with Gasteiger partial charge in [-0.2, -0.15) is 0 Å². The van der Waals surface area contributed by atoms with Gasteiger partial charge in [0.25, 0.3) is 0 Å². The predicted octanol–water partition coefficient (Wildman–Crippen LogP) is 2.38. The molecule has 1 aromatic carbocycles. The number of hydrogen-bond acceptors (Lipinski definition) is 5. The molecular weight excluding hydrogens is 334 g/mol. The second kappa shape index (κ2) is 7.86. The van der Waals surface area contributed by atoms with Crippen molar-refractivity contribution in [3.63, 3.8) is 0 Å². The topological polar surface area (TPSA) is 70.2 Å². The average molecular weight is 359 g/mol. The molecule has 2 fully saturated rings. The maximum Gasteiger partial charge on any atom is 0.335 e. The van der Waals surface area contributed by atoms with E-state index in [4.69, 9.17) is 4.74 Å². The molecule has 7 nitrogen and oxygen atoms in total. The van der Waals surface area contributed by atoms with E-state index in [9.17, 15) is 14.4 Å². The van der Waals surface area contributed by atoms with E-state index in [0.717, 1.165) is 40.5 Å². The van der Waals surface area contributed by atoms with Crippen LogP contribution < -0.4 is 4.74 Å². The summed E-state index contributed by atoms with van der Waals surface area (Å²) < 4.78 is 5.48. The fourth-order valence-corrected chi connectivity index (χ4v) is 3.60. The highest BCUT2D eigenvalue weighted by Crippen LogP contribution is 2.33. The number of benzene rings is 1. The Balaban J connectivity index is 1.71. The standard InChI is InChI=1S/C19H25N3O4/c1-3-11-21-17(23)18(24)22(19(21)25)13-20-12-5-6-16(20)14-7-9-15(10-8-14)26-4-2/h7-10,16H,3-6,11-13H2,1-2H3/t16-/m1/s1. The Kier molecular flexibility index (Phi) is 5.56. The third-order valence-electron chi connectivity index (χ3n) is 4.84. The van der Waals surface area contributed by atoms with Crippen LogP contribution in [0.25, 0.3) is 0 Å². The van der Waals surface area contributed by atoms with Crippen molar-refractivity contribution in [2.75, 3.05) is 26.4 Å². The average Bonchev–Trinajstić information content (AvgIpc) is 3.18. The van der Waals surface area contributed by atoms with Crippen molar-refractivity contribution >= 4 is 17.8 Å². The van der Waals surface area contributed by atoms with Crippen LogP contribution in [0.5, 0.6) is 5.75 Å². The lowest BCUT2D eigenvalue weighted by molar-refractivity contribution is -0.144. The zero-order chi connectivity index (χ0) is 18.7. The quantitative estimate of drug-likeness (QED) is 0.552. The normalized spacial score (nSPS) is 21.2. The number of carbonyl (C=O) groups is 3. The minimum absolute atomic E-state index is 0.126. The monoisotopic (exact) mass is 359 g/mol. The first-order valence-electron chi connectivity index (χ1n) is 9.21. The lowest BCUT2D eigenvalue weighted by Gasteiger charge is -2.28. The van der Waals surface area contributed by atoms with Crippen LogP contribution in [-0.4, -0.2) is 58.9 Å². The summed E-state index contributed by atoms with van der Waals surface area (Å²) in [7, 11) is 0. The van der Waals surface area contributed by atoms with E-state index in [1.165, 1.54) is 0 Å². The highest BCUT2D eigenvalue weighted by molar-refractivity contribution is 6.44. The van der Waals surface area contributed by atoms with Gasteiger partial charge >= 0.3 is 17.8 Å². The third kappa shape index (κ3) is 3.44. The van der Waals surface area contributed by atoms with Gasteiger partial charge in [0, 0.05) is 19.1 Å². The SMILES string of the molecule is CCCN1C(=O)C(=O)N(CN2CCC[C@@H]2c2ccc(OCC)cc2)C1=O. The number of ether oxygens (including phenoxy) is 1. The van der Waals surface area contributed by atoms with Gasteiger partial charge < -0.3 is 4.74 Å². The molecule has 140 valence electrons. The molecule has 7 heteroatoms. The molecule has 0 spiro atoms. The second-order valence-electron chi connectivity index (χ2n) is 6.59. The fourth-order valence-electron chi connectivity index (χ4n) is 3.60. The Bertz CT molecular complexity index is 689. The second-order valence-corrected chi connectivity index (χ2v) is 6.59. The van der Waals surface area contributed by atoms with Crippen LogP contribution in [0.4, 0.5) is 4.79 Å². The molecule has 1 atom stereocenters. The van der Waals surface area contributed by atoms with Gasteiger partial charge in [-0.3, -0.25) is 19.4 Å². The molecule has 0 radical (unpaired) electrons. The predicted molar refractivity (Wildman–Crippen MR) is 95.4 cm³/mol. The maximum atomic E-state index is 12.4. The van der Waals surface area contributed by atoms with Crippen molar-refractivity contribution in [2.45, 2.75) is 39.2 Å². The van der Waals surface area contributed by atoms with E-state index in [0.29, 0.717) is 13.0 Å². The molecule has 2 saturated heterocycles. The van der Waals surface area contributed by atoms with Crippen molar-refractivity contribution in [1.82, 2.24) is 14.7 Å². The molecule has 2 aliphatic rings. The number of urea groups is 1. The molecule has 2 aliphatic heterocycles. The van der Waals surface area contributed by atoms with E-state index < -0.39 is 17.8 Å². The zero-order valence-corrected chi connectivity index (χ0v) is 15.3. The maximum absolute atomic E-state index is 12.4. The summed E-state index contributed by atoms with van der Waals surface area (Å²) in [6, 6.07) is 7.55. The van der Waals surface area contributed by atoms with E-state index in [-0.39, 0.29) is 19.3 Å². The first-order chi connectivity index (χ1) is 12.6. The summed E-state index contributed by atoms with van der Waals surface area (Å²) in [6.45, 7) is 5.66. The highest BCUT2D eigenvalue weighted by Gasteiger charge is 2.45. The molecule has 0 unspecified atom stereocenters. The lowest BCUT2D eigenvalue weighted by Crippen LogP contribution is -2.42. The van der Waals surface area contributed by atoms with Gasteiger partial charge in [-0.15, -0.1) is 0 Å². The van der Waals surface area contributed by atoms with Crippen molar-refractivity contribution in [1.29, 1.82) is 0 Å². The summed E-state index contributed by atoms with van der Waals surface area (Å²) in [6.07, 6.45) is 2.58. The minimum Gasteiger partial charge on any atom is -0.494 e. The summed E-state index contributed by atoms with van der Waals surface area (Å²) in [5.41, 5.74) is 1.13. The summed E-state index contributed by atoms with van der Waals surface area (Å²) >= 11 is 0. The lowest BCUT2D eigenvalue weighted by atomic mass is 10.0. The van der Waals surface area contributed by atoms with E-state index >= 15 is 0 Å². The number of nitrogens with zero attached hydrogens (tertiary/aromatic N) is 3. The number of rotatable bonds is 7. The minimum atomic E-state index is -0.721. The summed E-state index contributed by atoms with van der Waals surface area (Å²) in [4.78, 5) is 40.9. The molecule has 0 N–H and O–H groups in total. The highest BCUT2D eigenvalue weighted by atomic mass is 16.5. The van der Waals surface area contributed by atoms with E-state index in [1.54, 1.807) is 0 Å². The largest absolute Gasteiger partial charge is 0.494 e. The van der Waals surface area contributed by atoms with Crippen LogP contribution in [0.1, 0.15) is 44.7 Å². The molecule has 0 aliphatic carbocycles. The number of amides is 4.